The summed E-state index contributed by atoms with van der Waals surface area (Å²) in [6.07, 6.45) is 1.15. The van der Waals surface area contributed by atoms with Gasteiger partial charge in [0.25, 0.3) is 0 Å². The van der Waals surface area contributed by atoms with Crippen molar-refractivity contribution in [2.45, 2.75) is 12.6 Å². The number of halogens is 1. The molecule has 0 fully saturated rings. The number of benzene rings is 2. The Bertz CT molecular complexity index is 814. The molecule has 0 spiro atoms. The fourth-order valence-corrected chi connectivity index (χ4v) is 2.70. The van der Waals surface area contributed by atoms with E-state index in [4.69, 9.17) is 11.6 Å². The molecule has 0 aliphatic rings. The largest absolute Gasteiger partial charge is 0.387 e. The minimum Gasteiger partial charge on any atom is -0.387 e. The van der Waals surface area contributed by atoms with Crippen molar-refractivity contribution in [1.82, 2.24) is 9.88 Å². The Kier molecular flexibility index (Phi) is 4.65. The summed E-state index contributed by atoms with van der Waals surface area (Å²) in [6, 6.07) is 16.8. The highest BCUT2D eigenvalue weighted by Crippen LogP contribution is 2.20. The van der Waals surface area contributed by atoms with Crippen LogP contribution in [0.25, 0.3) is 10.9 Å². The van der Waals surface area contributed by atoms with E-state index in [0.29, 0.717) is 5.02 Å². The molecule has 118 valence electrons. The second-order valence-corrected chi connectivity index (χ2v) is 5.81. The summed E-state index contributed by atoms with van der Waals surface area (Å²) in [5.41, 5.74) is 1.74. The molecule has 0 radical (unpaired) electrons. The highest BCUT2D eigenvalue weighted by Gasteiger charge is 2.10. The lowest BCUT2D eigenvalue weighted by atomic mass is 10.1. The predicted octanol–water partition coefficient (Wildman–Crippen LogP) is 3.14. The Morgan fingerprint density at radius 2 is 1.96 bits per heavy atom. The van der Waals surface area contributed by atoms with E-state index in [9.17, 15) is 9.90 Å². The van der Waals surface area contributed by atoms with Gasteiger partial charge in [-0.2, -0.15) is 0 Å². The van der Waals surface area contributed by atoms with Crippen LogP contribution in [0.4, 0.5) is 0 Å². The number of hydrogen-bond acceptors (Lipinski definition) is 2. The number of amides is 1. The number of hydrogen-bond donors (Lipinski definition) is 2. The average Bonchev–Trinajstić information content (AvgIpc) is 2.95. The number of nitrogens with zero attached hydrogens (tertiary/aromatic N) is 1. The lowest BCUT2D eigenvalue weighted by Gasteiger charge is -2.13. The molecule has 5 heteroatoms. The maximum Gasteiger partial charge on any atom is 0.240 e. The first kappa shape index (κ1) is 15.6. The van der Waals surface area contributed by atoms with E-state index in [-0.39, 0.29) is 19.0 Å². The molecular formula is C18H17ClN2O2. The number of nitrogens with one attached hydrogen (secondary N) is 1. The molecule has 3 aromatic rings. The molecule has 1 aromatic heterocycles. The van der Waals surface area contributed by atoms with E-state index >= 15 is 0 Å². The molecule has 1 amide bonds. The van der Waals surface area contributed by atoms with E-state index in [2.05, 4.69) is 5.32 Å². The molecule has 2 aromatic carbocycles. The van der Waals surface area contributed by atoms with Gasteiger partial charge in [0.1, 0.15) is 6.54 Å². The predicted molar refractivity (Wildman–Crippen MR) is 91.4 cm³/mol. The zero-order valence-electron chi connectivity index (χ0n) is 12.4. The van der Waals surface area contributed by atoms with Crippen LogP contribution in [-0.4, -0.2) is 22.1 Å². The van der Waals surface area contributed by atoms with Crippen molar-refractivity contribution in [2.24, 2.45) is 0 Å². The Labute approximate surface area is 139 Å². The third-order valence-corrected chi connectivity index (χ3v) is 3.96. The topological polar surface area (TPSA) is 54.3 Å². The van der Waals surface area contributed by atoms with Crippen LogP contribution in [0, 0.1) is 0 Å². The lowest BCUT2D eigenvalue weighted by Crippen LogP contribution is -2.31. The normalized spacial score (nSPS) is 12.3. The summed E-state index contributed by atoms with van der Waals surface area (Å²) in [7, 11) is 0. The SMILES string of the molecule is O=C(Cn1ccc2cc(Cl)ccc21)NC[C@H](O)c1ccccc1. The van der Waals surface area contributed by atoms with E-state index in [1.807, 2.05) is 59.3 Å². The van der Waals surface area contributed by atoms with Crippen LogP contribution in [-0.2, 0) is 11.3 Å². The van der Waals surface area contributed by atoms with Crippen molar-refractivity contribution >= 4 is 28.4 Å². The Hall–Kier alpha value is -2.30. The first-order valence-corrected chi connectivity index (χ1v) is 7.75. The fourth-order valence-electron chi connectivity index (χ4n) is 2.52. The van der Waals surface area contributed by atoms with Crippen LogP contribution in [0.5, 0.6) is 0 Å². The molecule has 0 aliphatic carbocycles. The Morgan fingerprint density at radius 3 is 2.74 bits per heavy atom. The number of aliphatic hydroxyl groups excluding tert-OH is 1. The smallest absolute Gasteiger partial charge is 0.240 e. The second kappa shape index (κ2) is 6.86. The highest BCUT2D eigenvalue weighted by molar-refractivity contribution is 6.31. The standard InChI is InChI=1S/C18H17ClN2O2/c19-15-6-7-16-14(10-15)8-9-21(16)12-18(23)20-11-17(22)13-4-2-1-3-5-13/h1-10,17,22H,11-12H2,(H,20,23)/t17-/m0/s1. The third kappa shape index (κ3) is 3.73. The number of aliphatic hydroxyl groups is 1. The summed E-state index contributed by atoms with van der Waals surface area (Å²) in [5.74, 6) is -0.146. The molecule has 4 nitrogen and oxygen atoms in total. The zero-order chi connectivity index (χ0) is 16.2. The minimum absolute atomic E-state index is 0.146. The molecular weight excluding hydrogens is 312 g/mol. The van der Waals surface area contributed by atoms with Crippen LogP contribution in [0.3, 0.4) is 0 Å². The zero-order valence-corrected chi connectivity index (χ0v) is 13.2. The molecule has 3 rings (SSSR count). The number of fused-ring (bicyclic) bond motifs is 1. The van der Waals surface area contributed by atoms with Gasteiger partial charge in [-0.3, -0.25) is 4.79 Å². The van der Waals surface area contributed by atoms with Crippen molar-refractivity contribution in [1.29, 1.82) is 0 Å². The minimum atomic E-state index is -0.708. The van der Waals surface area contributed by atoms with Crippen molar-refractivity contribution in [3.8, 4) is 0 Å². The molecule has 0 aliphatic heterocycles. The quantitative estimate of drug-likeness (QED) is 0.756. The number of carbonyl (C=O) groups is 1. The van der Waals surface area contributed by atoms with Gasteiger partial charge in [0, 0.05) is 28.7 Å². The highest BCUT2D eigenvalue weighted by atomic mass is 35.5. The summed E-state index contributed by atoms with van der Waals surface area (Å²) >= 11 is 5.96. The first-order valence-electron chi connectivity index (χ1n) is 7.37. The number of aromatic nitrogens is 1. The molecule has 0 unspecified atom stereocenters. The summed E-state index contributed by atoms with van der Waals surface area (Å²) in [4.78, 5) is 12.1. The molecule has 1 heterocycles. The van der Waals surface area contributed by atoms with Gasteiger partial charge in [-0.15, -0.1) is 0 Å². The fraction of sp³-hybridized carbons (Fsp3) is 0.167. The van der Waals surface area contributed by atoms with E-state index in [0.717, 1.165) is 16.5 Å². The molecule has 0 saturated carbocycles. The molecule has 0 saturated heterocycles. The number of rotatable bonds is 5. The monoisotopic (exact) mass is 328 g/mol. The average molecular weight is 329 g/mol. The van der Waals surface area contributed by atoms with Gasteiger partial charge in [-0.25, -0.2) is 0 Å². The maximum absolute atomic E-state index is 12.1. The van der Waals surface area contributed by atoms with Crippen LogP contribution >= 0.6 is 11.6 Å². The maximum atomic E-state index is 12.1. The summed E-state index contributed by atoms with van der Waals surface area (Å²) in [6.45, 7) is 0.389. The van der Waals surface area contributed by atoms with Gasteiger partial charge in [-0.1, -0.05) is 41.9 Å². The summed E-state index contributed by atoms with van der Waals surface area (Å²) in [5, 5.41) is 14.5. The number of carbonyl (C=O) groups excluding carboxylic acids is 1. The molecule has 0 bridgehead atoms. The molecule has 2 N–H and O–H groups in total. The first-order chi connectivity index (χ1) is 11.1. The van der Waals surface area contributed by atoms with Gasteiger partial charge >= 0.3 is 0 Å². The van der Waals surface area contributed by atoms with Crippen molar-refractivity contribution in [2.75, 3.05) is 6.54 Å². The van der Waals surface area contributed by atoms with Gasteiger partial charge in [-0.05, 0) is 29.8 Å². The van der Waals surface area contributed by atoms with Gasteiger partial charge in [0.05, 0.1) is 6.10 Å². The van der Waals surface area contributed by atoms with Crippen molar-refractivity contribution in [3.05, 3.63) is 71.4 Å². The van der Waals surface area contributed by atoms with Gasteiger partial charge < -0.3 is 15.0 Å². The van der Waals surface area contributed by atoms with Crippen LogP contribution in [0.15, 0.2) is 60.8 Å². The second-order valence-electron chi connectivity index (χ2n) is 5.38. The van der Waals surface area contributed by atoms with Crippen LogP contribution < -0.4 is 5.32 Å². The molecule has 23 heavy (non-hydrogen) atoms. The Morgan fingerprint density at radius 1 is 1.17 bits per heavy atom. The molecule has 1 atom stereocenters. The summed E-state index contributed by atoms with van der Waals surface area (Å²) < 4.78 is 1.86. The van der Waals surface area contributed by atoms with Crippen LogP contribution in [0.2, 0.25) is 5.02 Å². The van der Waals surface area contributed by atoms with Gasteiger partial charge in [0.15, 0.2) is 0 Å². The van der Waals surface area contributed by atoms with E-state index < -0.39 is 6.10 Å². The van der Waals surface area contributed by atoms with Crippen molar-refractivity contribution < 1.29 is 9.90 Å². The van der Waals surface area contributed by atoms with E-state index in [1.165, 1.54) is 0 Å². The van der Waals surface area contributed by atoms with E-state index in [1.54, 1.807) is 6.07 Å². The van der Waals surface area contributed by atoms with Gasteiger partial charge in [0.2, 0.25) is 5.91 Å². The lowest BCUT2D eigenvalue weighted by molar-refractivity contribution is -0.122. The third-order valence-electron chi connectivity index (χ3n) is 3.72. The Balaban J connectivity index is 1.60. The van der Waals surface area contributed by atoms with Crippen molar-refractivity contribution in [3.63, 3.8) is 0 Å². The van der Waals surface area contributed by atoms with Crippen LogP contribution in [0.1, 0.15) is 11.7 Å².